The predicted octanol–water partition coefficient (Wildman–Crippen LogP) is 1.29. The van der Waals surface area contributed by atoms with Gasteiger partial charge in [-0.05, 0) is 12.1 Å². The second-order valence-electron chi connectivity index (χ2n) is 4.11. The normalized spacial score (nSPS) is 10.3. The number of carbonyl (C=O) groups is 1. The van der Waals surface area contributed by atoms with Crippen LogP contribution in [0.1, 0.15) is 10.5 Å². The van der Waals surface area contributed by atoms with Gasteiger partial charge in [-0.25, -0.2) is 0 Å². The van der Waals surface area contributed by atoms with Crippen molar-refractivity contribution in [2.75, 3.05) is 24.8 Å². The minimum atomic E-state index is -0.234. The van der Waals surface area contributed by atoms with E-state index >= 15 is 0 Å². The van der Waals surface area contributed by atoms with Gasteiger partial charge < -0.3 is 15.4 Å². The molecule has 0 spiro atoms. The SMILES string of the molecule is COc1ccccc1N(C)C(=O)c1c(N)cnn1C. The van der Waals surface area contributed by atoms with Crippen LogP contribution in [0.25, 0.3) is 0 Å². The summed E-state index contributed by atoms with van der Waals surface area (Å²) >= 11 is 0. The summed E-state index contributed by atoms with van der Waals surface area (Å²) < 4.78 is 6.71. The fourth-order valence-electron chi connectivity index (χ4n) is 1.89. The number of methoxy groups -OCH3 is 1. The van der Waals surface area contributed by atoms with Crippen LogP contribution in [0.4, 0.5) is 11.4 Å². The molecule has 0 fully saturated rings. The first-order valence-electron chi connectivity index (χ1n) is 5.74. The highest BCUT2D eigenvalue weighted by atomic mass is 16.5. The maximum atomic E-state index is 12.4. The van der Waals surface area contributed by atoms with Crippen molar-refractivity contribution in [1.82, 2.24) is 9.78 Å². The molecule has 2 N–H and O–H groups in total. The number of nitrogens with zero attached hydrogens (tertiary/aromatic N) is 3. The van der Waals surface area contributed by atoms with E-state index in [2.05, 4.69) is 5.10 Å². The molecule has 1 aromatic heterocycles. The number of nitrogen functional groups attached to an aromatic ring is 1. The number of nitrogens with two attached hydrogens (primary N) is 1. The molecule has 0 atom stereocenters. The van der Waals surface area contributed by atoms with E-state index in [4.69, 9.17) is 10.5 Å². The molecule has 0 aliphatic rings. The number of rotatable bonds is 3. The van der Waals surface area contributed by atoms with Gasteiger partial charge in [0.15, 0.2) is 0 Å². The number of para-hydroxylation sites is 2. The molecule has 6 heteroatoms. The number of aryl methyl sites for hydroxylation is 1. The third kappa shape index (κ3) is 2.24. The van der Waals surface area contributed by atoms with Crippen molar-refractivity contribution in [3.05, 3.63) is 36.2 Å². The van der Waals surface area contributed by atoms with Crippen molar-refractivity contribution < 1.29 is 9.53 Å². The van der Waals surface area contributed by atoms with Crippen LogP contribution in [0.5, 0.6) is 5.75 Å². The molecule has 19 heavy (non-hydrogen) atoms. The minimum absolute atomic E-state index is 0.234. The molecule has 0 aliphatic carbocycles. The zero-order chi connectivity index (χ0) is 14.0. The number of hydrogen-bond donors (Lipinski definition) is 1. The van der Waals surface area contributed by atoms with E-state index in [1.165, 1.54) is 15.8 Å². The standard InChI is InChI=1S/C13H16N4O2/c1-16(10-6-4-5-7-11(10)19-3)13(18)12-9(14)8-15-17(12)2/h4-8H,14H2,1-3H3. The molecule has 0 saturated heterocycles. The summed E-state index contributed by atoms with van der Waals surface area (Å²) in [6, 6.07) is 7.29. The van der Waals surface area contributed by atoms with Gasteiger partial charge in [0.25, 0.3) is 5.91 Å². The fraction of sp³-hybridized carbons (Fsp3) is 0.231. The van der Waals surface area contributed by atoms with Crippen LogP contribution in [0.2, 0.25) is 0 Å². The molecule has 0 radical (unpaired) electrons. The van der Waals surface area contributed by atoms with Crippen LogP contribution in [-0.4, -0.2) is 29.8 Å². The highest BCUT2D eigenvalue weighted by Crippen LogP contribution is 2.28. The highest BCUT2D eigenvalue weighted by Gasteiger charge is 2.22. The number of ether oxygens (including phenoxy) is 1. The molecule has 6 nitrogen and oxygen atoms in total. The summed E-state index contributed by atoms with van der Waals surface area (Å²) in [5, 5.41) is 3.97. The summed E-state index contributed by atoms with van der Waals surface area (Å²) in [5.41, 5.74) is 7.15. The quantitative estimate of drug-likeness (QED) is 0.902. The van der Waals surface area contributed by atoms with Gasteiger partial charge in [-0.1, -0.05) is 12.1 Å². The van der Waals surface area contributed by atoms with E-state index < -0.39 is 0 Å². The van der Waals surface area contributed by atoms with E-state index in [1.54, 1.807) is 27.3 Å². The number of anilines is 2. The lowest BCUT2D eigenvalue weighted by Crippen LogP contribution is -2.29. The largest absolute Gasteiger partial charge is 0.495 e. The minimum Gasteiger partial charge on any atom is -0.495 e. The molecule has 0 unspecified atom stereocenters. The van der Waals surface area contributed by atoms with Crippen molar-refractivity contribution in [2.45, 2.75) is 0 Å². The van der Waals surface area contributed by atoms with E-state index in [9.17, 15) is 4.79 Å². The molecule has 0 bridgehead atoms. The van der Waals surface area contributed by atoms with Gasteiger partial charge in [0.1, 0.15) is 11.4 Å². The molecule has 2 rings (SSSR count). The maximum absolute atomic E-state index is 12.4. The van der Waals surface area contributed by atoms with Crippen molar-refractivity contribution in [2.24, 2.45) is 7.05 Å². The van der Waals surface area contributed by atoms with Crippen LogP contribution in [0.3, 0.4) is 0 Å². The molecule has 2 aromatic rings. The monoisotopic (exact) mass is 260 g/mol. The molecular weight excluding hydrogens is 244 g/mol. The van der Waals surface area contributed by atoms with E-state index in [1.807, 2.05) is 18.2 Å². The lowest BCUT2D eigenvalue weighted by molar-refractivity contribution is 0.0984. The summed E-state index contributed by atoms with van der Waals surface area (Å²) in [5.74, 6) is 0.390. The zero-order valence-corrected chi connectivity index (χ0v) is 11.1. The molecule has 1 aromatic carbocycles. The number of benzene rings is 1. The average Bonchev–Trinajstić information content (AvgIpc) is 2.76. The van der Waals surface area contributed by atoms with E-state index in [0.29, 0.717) is 22.8 Å². The lowest BCUT2D eigenvalue weighted by atomic mass is 10.2. The van der Waals surface area contributed by atoms with Crippen LogP contribution in [0, 0.1) is 0 Å². The van der Waals surface area contributed by atoms with Gasteiger partial charge in [0.2, 0.25) is 0 Å². The summed E-state index contributed by atoms with van der Waals surface area (Å²) in [6.45, 7) is 0. The van der Waals surface area contributed by atoms with Crippen LogP contribution in [0.15, 0.2) is 30.5 Å². The molecule has 1 amide bonds. The van der Waals surface area contributed by atoms with Crippen molar-refractivity contribution in [3.63, 3.8) is 0 Å². The van der Waals surface area contributed by atoms with Gasteiger partial charge in [-0.3, -0.25) is 9.48 Å². The zero-order valence-electron chi connectivity index (χ0n) is 11.1. The van der Waals surface area contributed by atoms with E-state index in [0.717, 1.165) is 0 Å². The second-order valence-corrected chi connectivity index (χ2v) is 4.11. The van der Waals surface area contributed by atoms with Gasteiger partial charge in [-0.15, -0.1) is 0 Å². The Morgan fingerprint density at radius 2 is 2.11 bits per heavy atom. The Balaban J connectivity index is 2.39. The smallest absolute Gasteiger partial charge is 0.278 e. The van der Waals surface area contributed by atoms with Gasteiger partial charge in [0.05, 0.1) is 24.7 Å². The molecule has 0 saturated carbocycles. The summed E-state index contributed by atoms with van der Waals surface area (Å²) in [4.78, 5) is 13.9. The fourth-order valence-corrected chi connectivity index (χ4v) is 1.89. The average molecular weight is 260 g/mol. The Morgan fingerprint density at radius 3 is 2.68 bits per heavy atom. The summed E-state index contributed by atoms with van der Waals surface area (Å²) in [7, 11) is 4.92. The molecule has 1 heterocycles. The van der Waals surface area contributed by atoms with Crippen LogP contribution in [-0.2, 0) is 7.05 Å². The molecule has 0 aliphatic heterocycles. The predicted molar refractivity (Wildman–Crippen MR) is 73.3 cm³/mol. The van der Waals surface area contributed by atoms with Crippen LogP contribution < -0.4 is 15.4 Å². The van der Waals surface area contributed by atoms with Crippen LogP contribution >= 0.6 is 0 Å². The van der Waals surface area contributed by atoms with Crippen molar-refractivity contribution in [1.29, 1.82) is 0 Å². The van der Waals surface area contributed by atoms with Crippen molar-refractivity contribution in [3.8, 4) is 5.75 Å². The topological polar surface area (TPSA) is 73.4 Å². The third-order valence-corrected chi connectivity index (χ3v) is 2.92. The number of amides is 1. The number of aromatic nitrogens is 2. The van der Waals surface area contributed by atoms with Gasteiger partial charge in [-0.2, -0.15) is 5.10 Å². The Bertz CT molecular complexity index is 587. The first-order valence-corrected chi connectivity index (χ1v) is 5.74. The second kappa shape index (κ2) is 5.01. The number of hydrogen-bond acceptors (Lipinski definition) is 4. The van der Waals surface area contributed by atoms with Gasteiger partial charge in [0, 0.05) is 14.1 Å². The Morgan fingerprint density at radius 1 is 1.42 bits per heavy atom. The molecule has 100 valence electrons. The first-order chi connectivity index (χ1) is 9.06. The summed E-state index contributed by atoms with van der Waals surface area (Å²) in [6.07, 6.45) is 1.46. The number of carbonyl (C=O) groups excluding carboxylic acids is 1. The highest BCUT2D eigenvalue weighted by molar-refractivity contribution is 6.08. The first kappa shape index (κ1) is 12.9. The maximum Gasteiger partial charge on any atom is 0.278 e. The Hall–Kier alpha value is -2.50. The molecular formula is C13H16N4O2. The Kier molecular flexibility index (Phi) is 3.41. The van der Waals surface area contributed by atoms with Crippen molar-refractivity contribution >= 4 is 17.3 Å². The lowest BCUT2D eigenvalue weighted by Gasteiger charge is -2.20. The Labute approximate surface area is 111 Å². The van der Waals surface area contributed by atoms with E-state index in [-0.39, 0.29) is 5.91 Å². The van der Waals surface area contributed by atoms with Gasteiger partial charge >= 0.3 is 0 Å². The third-order valence-electron chi connectivity index (χ3n) is 2.92.